The standard InChI is InChI=1S/C15H13BrFNO3/c1-20-13-6-4-10(8-14(13)21-2)18-15(19)11-7-9(17)3-5-12(11)16/h3-8H,1-2H3,(H,18,19). The van der Waals surface area contributed by atoms with Crippen LogP contribution in [0.4, 0.5) is 10.1 Å². The van der Waals surface area contributed by atoms with E-state index in [1.54, 1.807) is 18.2 Å². The lowest BCUT2D eigenvalue weighted by Crippen LogP contribution is -2.13. The van der Waals surface area contributed by atoms with E-state index in [9.17, 15) is 9.18 Å². The van der Waals surface area contributed by atoms with Crippen LogP contribution in [-0.2, 0) is 0 Å². The van der Waals surface area contributed by atoms with Crippen molar-refractivity contribution in [3.63, 3.8) is 0 Å². The fourth-order valence-corrected chi connectivity index (χ4v) is 2.21. The fraction of sp³-hybridized carbons (Fsp3) is 0.133. The molecular formula is C15H13BrFNO3. The number of hydrogen-bond acceptors (Lipinski definition) is 3. The van der Waals surface area contributed by atoms with Gasteiger partial charge in [0.2, 0.25) is 0 Å². The lowest BCUT2D eigenvalue weighted by atomic mass is 10.2. The summed E-state index contributed by atoms with van der Waals surface area (Å²) in [4.78, 5) is 12.2. The highest BCUT2D eigenvalue weighted by Crippen LogP contribution is 2.30. The molecule has 4 nitrogen and oxygen atoms in total. The first-order valence-electron chi connectivity index (χ1n) is 6.03. The number of carbonyl (C=O) groups is 1. The number of hydrogen-bond donors (Lipinski definition) is 1. The minimum Gasteiger partial charge on any atom is -0.493 e. The average molecular weight is 354 g/mol. The van der Waals surface area contributed by atoms with Crippen LogP contribution in [0.1, 0.15) is 10.4 Å². The predicted octanol–water partition coefficient (Wildman–Crippen LogP) is 3.86. The van der Waals surface area contributed by atoms with Crippen molar-refractivity contribution in [2.45, 2.75) is 0 Å². The van der Waals surface area contributed by atoms with Gasteiger partial charge in [0.25, 0.3) is 5.91 Å². The largest absolute Gasteiger partial charge is 0.493 e. The number of halogens is 2. The number of nitrogens with one attached hydrogen (secondary N) is 1. The topological polar surface area (TPSA) is 47.6 Å². The third kappa shape index (κ3) is 3.52. The second-order valence-electron chi connectivity index (χ2n) is 4.15. The van der Waals surface area contributed by atoms with Crippen molar-refractivity contribution >= 4 is 27.5 Å². The van der Waals surface area contributed by atoms with Gasteiger partial charge in [-0.25, -0.2) is 4.39 Å². The molecule has 0 unspecified atom stereocenters. The zero-order chi connectivity index (χ0) is 15.4. The zero-order valence-corrected chi connectivity index (χ0v) is 13.0. The van der Waals surface area contributed by atoms with Gasteiger partial charge in [-0.05, 0) is 46.3 Å². The maximum atomic E-state index is 13.2. The van der Waals surface area contributed by atoms with Crippen molar-refractivity contribution < 1.29 is 18.7 Å². The Labute approximate surface area is 130 Å². The Bertz CT molecular complexity index is 676. The Balaban J connectivity index is 2.25. The summed E-state index contributed by atoms with van der Waals surface area (Å²) in [6.45, 7) is 0. The third-order valence-corrected chi connectivity index (χ3v) is 3.51. The second kappa shape index (κ2) is 6.58. The monoisotopic (exact) mass is 353 g/mol. The Morgan fingerprint density at radius 2 is 1.81 bits per heavy atom. The highest BCUT2D eigenvalue weighted by atomic mass is 79.9. The minimum atomic E-state index is -0.476. The van der Waals surface area contributed by atoms with Crippen molar-refractivity contribution in [3.8, 4) is 11.5 Å². The molecule has 2 rings (SSSR count). The summed E-state index contributed by atoms with van der Waals surface area (Å²) in [5.74, 6) is 0.153. The van der Waals surface area contributed by atoms with Gasteiger partial charge in [0, 0.05) is 16.2 Å². The lowest BCUT2D eigenvalue weighted by molar-refractivity contribution is 0.102. The molecule has 0 aromatic heterocycles. The summed E-state index contributed by atoms with van der Waals surface area (Å²) in [5.41, 5.74) is 0.735. The number of methoxy groups -OCH3 is 2. The van der Waals surface area contributed by atoms with Crippen molar-refractivity contribution in [1.29, 1.82) is 0 Å². The van der Waals surface area contributed by atoms with E-state index in [-0.39, 0.29) is 5.56 Å². The van der Waals surface area contributed by atoms with Crippen LogP contribution < -0.4 is 14.8 Å². The highest BCUT2D eigenvalue weighted by molar-refractivity contribution is 9.10. The maximum Gasteiger partial charge on any atom is 0.256 e. The smallest absolute Gasteiger partial charge is 0.256 e. The van der Waals surface area contributed by atoms with E-state index in [1.807, 2.05) is 0 Å². The van der Waals surface area contributed by atoms with Crippen molar-refractivity contribution in [2.24, 2.45) is 0 Å². The molecule has 2 aromatic rings. The van der Waals surface area contributed by atoms with Gasteiger partial charge in [0.1, 0.15) is 5.82 Å². The molecule has 0 aliphatic carbocycles. The number of carbonyl (C=O) groups excluding carboxylic acids is 1. The van der Waals surface area contributed by atoms with Gasteiger partial charge in [-0.3, -0.25) is 4.79 Å². The van der Waals surface area contributed by atoms with Gasteiger partial charge in [-0.1, -0.05) is 0 Å². The molecule has 0 saturated heterocycles. The summed E-state index contributed by atoms with van der Waals surface area (Å²) in [5, 5.41) is 2.68. The first-order valence-corrected chi connectivity index (χ1v) is 6.83. The van der Waals surface area contributed by atoms with Crippen molar-refractivity contribution in [1.82, 2.24) is 0 Å². The molecule has 1 amide bonds. The van der Waals surface area contributed by atoms with Gasteiger partial charge in [0.15, 0.2) is 11.5 Å². The summed E-state index contributed by atoms with van der Waals surface area (Å²) >= 11 is 3.22. The van der Waals surface area contributed by atoms with Crippen LogP contribution in [0.3, 0.4) is 0 Å². The molecule has 6 heteroatoms. The molecule has 0 radical (unpaired) electrons. The zero-order valence-electron chi connectivity index (χ0n) is 11.4. The van der Waals surface area contributed by atoms with E-state index in [4.69, 9.17) is 9.47 Å². The number of amides is 1. The molecule has 0 aliphatic rings. The van der Waals surface area contributed by atoms with Crippen LogP contribution in [0.15, 0.2) is 40.9 Å². The van der Waals surface area contributed by atoms with E-state index in [0.717, 1.165) is 0 Å². The van der Waals surface area contributed by atoms with E-state index in [0.29, 0.717) is 21.7 Å². The first kappa shape index (κ1) is 15.3. The first-order chi connectivity index (χ1) is 10.0. The molecule has 0 atom stereocenters. The lowest BCUT2D eigenvalue weighted by Gasteiger charge is -2.11. The average Bonchev–Trinajstić information content (AvgIpc) is 2.49. The molecule has 110 valence electrons. The maximum absolute atomic E-state index is 13.2. The fourth-order valence-electron chi connectivity index (χ4n) is 1.78. The Hall–Kier alpha value is -2.08. The highest BCUT2D eigenvalue weighted by Gasteiger charge is 2.13. The number of rotatable bonds is 4. The molecule has 21 heavy (non-hydrogen) atoms. The molecule has 0 heterocycles. The van der Waals surface area contributed by atoms with Crippen LogP contribution >= 0.6 is 15.9 Å². The van der Waals surface area contributed by atoms with Gasteiger partial charge in [0.05, 0.1) is 19.8 Å². The van der Waals surface area contributed by atoms with Gasteiger partial charge >= 0.3 is 0 Å². The minimum absolute atomic E-state index is 0.213. The van der Waals surface area contributed by atoms with Crippen LogP contribution in [0.2, 0.25) is 0 Å². The molecule has 0 fully saturated rings. The summed E-state index contributed by atoms with van der Waals surface area (Å²) < 4.78 is 24.0. The van der Waals surface area contributed by atoms with Gasteiger partial charge in [-0.15, -0.1) is 0 Å². The van der Waals surface area contributed by atoms with E-state index < -0.39 is 11.7 Å². The van der Waals surface area contributed by atoms with Crippen molar-refractivity contribution in [3.05, 3.63) is 52.3 Å². The summed E-state index contributed by atoms with van der Waals surface area (Å²) in [6, 6.07) is 8.90. The van der Waals surface area contributed by atoms with E-state index in [2.05, 4.69) is 21.2 Å². The number of benzene rings is 2. The SMILES string of the molecule is COc1ccc(NC(=O)c2cc(F)ccc2Br)cc1OC. The molecule has 2 aromatic carbocycles. The Morgan fingerprint density at radius 1 is 1.10 bits per heavy atom. The summed E-state index contributed by atoms with van der Waals surface area (Å²) in [7, 11) is 3.03. The number of anilines is 1. The van der Waals surface area contributed by atoms with Crippen LogP contribution in [0.5, 0.6) is 11.5 Å². The Kier molecular flexibility index (Phi) is 4.80. The quantitative estimate of drug-likeness (QED) is 0.907. The molecular weight excluding hydrogens is 341 g/mol. The number of ether oxygens (including phenoxy) is 2. The molecule has 0 aliphatic heterocycles. The Morgan fingerprint density at radius 3 is 2.48 bits per heavy atom. The van der Waals surface area contributed by atoms with E-state index in [1.165, 1.54) is 32.4 Å². The summed E-state index contributed by atoms with van der Waals surface area (Å²) in [6.07, 6.45) is 0. The van der Waals surface area contributed by atoms with Crippen LogP contribution in [-0.4, -0.2) is 20.1 Å². The second-order valence-corrected chi connectivity index (χ2v) is 5.00. The van der Waals surface area contributed by atoms with E-state index >= 15 is 0 Å². The third-order valence-electron chi connectivity index (χ3n) is 2.81. The molecule has 1 N–H and O–H groups in total. The molecule has 0 saturated carbocycles. The van der Waals surface area contributed by atoms with Gasteiger partial charge < -0.3 is 14.8 Å². The molecule has 0 bridgehead atoms. The normalized spacial score (nSPS) is 10.1. The van der Waals surface area contributed by atoms with Gasteiger partial charge in [-0.2, -0.15) is 0 Å². The van der Waals surface area contributed by atoms with Crippen LogP contribution in [0.25, 0.3) is 0 Å². The van der Waals surface area contributed by atoms with Crippen LogP contribution in [0, 0.1) is 5.82 Å². The molecule has 0 spiro atoms. The predicted molar refractivity (Wildman–Crippen MR) is 81.6 cm³/mol. The van der Waals surface area contributed by atoms with Crippen molar-refractivity contribution in [2.75, 3.05) is 19.5 Å².